The lowest BCUT2D eigenvalue weighted by Gasteiger charge is -2.02. The summed E-state index contributed by atoms with van der Waals surface area (Å²) in [6.07, 6.45) is 0.313. The molecule has 0 unspecified atom stereocenters. The lowest BCUT2D eigenvalue weighted by atomic mass is 10.1. The Morgan fingerprint density at radius 3 is 2.64 bits per heavy atom. The number of aryl methyl sites for hydroxylation is 1. The highest BCUT2D eigenvalue weighted by Crippen LogP contribution is 2.18. The zero-order chi connectivity index (χ0) is 9.97. The summed E-state index contributed by atoms with van der Waals surface area (Å²) in [4.78, 5) is 0. The Bertz CT molecular complexity index is 511. The normalized spacial score (nSPS) is 10.0. The SMILES string of the molecule is Cc1nnc(CC#N)c2ccccc12. The third-order valence-corrected chi connectivity index (χ3v) is 2.19. The van der Waals surface area contributed by atoms with Crippen molar-refractivity contribution in [2.45, 2.75) is 13.3 Å². The second-order valence-corrected chi connectivity index (χ2v) is 3.11. The Morgan fingerprint density at radius 1 is 1.21 bits per heavy atom. The van der Waals surface area contributed by atoms with E-state index >= 15 is 0 Å². The second kappa shape index (κ2) is 3.43. The number of nitriles is 1. The van der Waals surface area contributed by atoms with Gasteiger partial charge in [0.2, 0.25) is 0 Å². The maximum absolute atomic E-state index is 8.63. The molecule has 2 rings (SSSR count). The van der Waals surface area contributed by atoms with Crippen LogP contribution in [0.15, 0.2) is 24.3 Å². The fourth-order valence-corrected chi connectivity index (χ4v) is 1.50. The Morgan fingerprint density at radius 2 is 1.93 bits per heavy atom. The average molecular weight is 183 g/mol. The number of fused-ring (bicyclic) bond motifs is 1. The first-order valence-corrected chi connectivity index (χ1v) is 4.41. The topological polar surface area (TPSA) is 49.6 Å². The molecular formula is C11H9N3. The van der Waals surface area contributed by atoms with Crippen LogP contribution in [-0.2, 0) is 6.42 Å². The molecule has 3 nitrogen and oxygen atoms in total. The number of hydrogen-bond donors (Lipinski definition) is 0. The number of nitrogens with zero attached hydrogens (tertiary/aromatic N) is 3. The van der Waals surface area contributed by atoms with E-state index in [9.17, 15) is 0 Å². The molecule has 0 atom stereocenters. The quantitative estimate of drug-likeness (QED) is 0.679. The zero-order valence-electron chi connectivity index (χ0n) is 7.86. The molecule has 0 radical (unpaired) electrons. The van der Waals surface area contributed by atoms with E-state index in [4.69, 9.17) is 5.26 Å². The molecule has 0 N–H and O–H groups in total. The van der Waals surface area contributed by atoms with E-state index in [1.165, 1.54) is 0 Å². The molecule has 1 aromatic heterocycles. The van der Waals surface area contributed by atoms with E-state index in [0.717, 1.165) is 22.2 Å². The van der Waals surface area contributed by atoms with E-state index in [1.807, 2.05) is 31.2 Å². The van der Waals surface area contributed by atoms with Gasteiger partial charge in [-0.2, -0.15) is 15.5 Å². The Labute approximate surface area is 82.0 Å². The molecule has 1 aromatic carbocycles. The van der Waals surface area contributed by atoms with Crippen LogP contribution in [-0.4, -0.2) is 10.2 Å². The number of hydrogen-bond acceptors (Lipinski definition) is 3. The van der Waals surface area contributed by atoms with Crippen LogP contribution < -0.4 is 0 Å². The minimum absolute atomic E-state index is 0.313. The predicted molar refractivity (Wildman–Crippen MR) is 53.6 cm³/mol. The average Bonchev–Trinajstić information content (AvgIpc) is 2.23. The molecule has 0 bridgehead atoms. The van der Waals surface area contributed by atoms with Crippen molar-refractivity contribution >= 4 is 10.8 Å². The van der Waals surface area contributed by atoms with Crippen LogP contribution >= 0.6 is 0 Å². The molecule has 0 aliphatic rings. The minimum Gasteiger partial charge on any atom is -0.198 e. The highest BCUT2D eigenvalue weighted by atomic mass is 15.1. The van der Waals surface area contributed by atoms with E-state index < -0.39 is 0 Å². The van der Waals surface area contributed by atoms with Crippen molar-refractivity contribution in [1.82, 2.24) is 10.2 Å². The molecule has 0 aliphatic heterocycles. The summed E-state index contributed by atoms with van der Waals surface area (Å²) >= 11 is 0. The van der Waals surface area contributed by atoms with E-state index in [1.54, 1.807) is 0 Å². The standard InChI is InChI=1S/C11H9N3/c1-8-9-4-2-3-5-10(9)11(6-7-12)14-13-8/h2-5H,6H2,1H3. The van der Waals surface area contributed by atoms with Gasteiger partial charge in [0.25, 0.3) is 0 Å². The van der Waals surface area contributed by atoms with Crippen molar-refractivity contribution in [2.24, 2.45) is 0 Å². The Hall–Kier alpha value is -1.95. The monoisotopic (exact) mass is 183 g/mol. The van der Waals surface area contributed by atoms with E-state index in [2.05, 4.69) is 16.3 Å². The summed E-state index contributed by atoms with van der Waals surface area (Å²) in [6, 6.07) is 9.98. The van der Waals surface area contributed by atoms with E-state index in [0.29, 0.717) is 6.42 Å². The van der Waals surface area contributed by atoms with Crippen LogP contribution in [0.2, 0.25) is 0 Å². The summed E-state index contributed by atoms with van der Waals surface area (Å²) in [5, 5.41) is 18.8. The van der Waals surface area contributed by atoms with Gasteiger partial charge in [-0.05, 0) is 6.92 Å². The molecule has 68 valence electrons. The fraction of sp³-hybridized carbons (Fsp3) is 0.182. The summed E-state index contributed by atoms with van der Waals surface area (Å²) in [7, 11) is 0. The van der Waals surface area contributed by atoms with Gasteiger partial charge in [-0.25, -0.2) is 0 Å². The Balaban J connectivity index is 2.76. The van der Waals surface area contributed by atoms with Crippen molar-refractivity contribution in [3.63, 3.8) is 0 Å². The van der Waals surface area contributed by atoms with Crippen molar-refractivity contribution in [1.29, 1.82) is 5.26 Å². The number of aromatic nitrogens is 2. The molecule has 0 aliphatic carbocycles. The summed E-state index contributed by atoms with van der Waals surface area (Å²) in [6.45, 7) is 1.92. The highest BCUT2D eigenvalue weighted by molar-refractivity contribution is 5.86. The third-order valence-electron chi connectivity index (χ3n) is 2.19. The van der Waals surface area contributed by atoms with Crippen LogP contribution in [0.4, 0.5) is 0 Å². The largest absolute Gasteiger partial charge is 0.198 e. The van der Waals surface area contributed by atoms with Crippen LogP contribution in [0.1, 0.15) is 11.4 Å². The lowest BCUT2D eigenvalue weighted by molar-refractivity contribution is 0.942. The minimum atomic E-state index is 0.313. The summed E-state index contributed by atoms with van der Waals surface area (Å²) in [5.74, 6) is 0. The van der Waals surface area contributed by atoms with Crippen LogP contribution in [0.3, 0.4) is 0 Å². The molecule has 14 heavy (non-hydrogen) atoms. The summed E-state index contributed by atoms with van der Waals surface area (Å²) < 4.78 is 0. The van der Waals surface area contributed by atoms with Gasteiger partial charge in [-0.3, -0.25) is 0 Å². The van der Waals surface area contributed by atoms with Gasteiger partial charge in [0.05, 0.1) is 23.9 Å². The Kier molecular flexibility index (Phi) is 2.11. The molecule has 0 amide bonds. The molecule has 2 aromatic rings. The molecule has 0 saturated heterocycles. The first-order chi connectivity index (χ1) is 6.83. The van der Waals surface area contributed by atoms with Crippen LogP contribution in [0.25, 0.3) is 10.8 Å². The van der Waals surface area contributed by atoms with Gasteiger partial charge < -0.3 is 0 Å². The number of benzene rings is 1. The third kappa shape index (κ3) is 1.31. The maximum Gasteiger partial charge on any atom is 0.0850 e. The van der Waals surface area contributed by atoms with Gasteiger partial charge in [0, 0.05) is 10.8 Å². The first-order valence-electron chi connectivity index (χ1n) is 4.41. The fourth-order valence-electron chi connectivity index (χ4n) is 1.50. The van der Waals surface area contributed by atoms with Crippen molar-refractivity contribution in [2.75, 3.05) is 0 Å². The smallest absolute Gasteiger partial charge is 0.0850 e. The molecule has 0 spiro atoms. The van der Waals surface area contributed by atoms with Gasteiger partial charge >= 0.3 is 0 Å². The van der Waals surface area contributed by atoms with E-state index in [-0.39, 0.29) is 0 Å². The van der Waals surface area contributed by atoms with Crippen LogP contribution in [0.5, 0.6) is 0 Å². The molecule has 0 saturated carbocycles. The maximum atomic E-state index is 8.63. The van der Waals surface area contributed by atoms with Gasteiger partial charge in [-0.15, -0.1) is 0 Å². The molecule has 3 heteroatoms. The predicted octanol–water partition coefficient (Wildman–Crippen LogP) is 2.00. The van der Waals surface area contributed by atoms with Gasteiger partial charge in [0.15, 0.2) is 0 Å². The molecule has 0 fully saturated rings. The first kappa shape index (κ1) is 8.64. The van der Waals surface area contributed by atoms with Crippen molar-refractivity contribution < 1.29 is 0 Å². The van der Waals surface area contributed by atoms with Crippen molar-refractivity contribution in [3.05, 3.63) is 35.7 Å². The van der Waals surface area contributed by atoms with Gasteiger partial charge in [0.1, 0.15) is 0 Å². The summed E-state index contributed by atoms with van der Waals surface area (Å²) in [5.41, 5.74) is 1.66. The molecule has 1 heterocycles. The zero-order valence-corrected chi connectivity index (χ0v) is 7.86. The van der Waals surface area contributed by atoms with Crippen molar-refractivity contribution in [3.8, 4) is 6.07 Å². The second-order valence-electron chi connectivity index (χ2n) is 3.11. The van der Waals surface area contributed by atoms with Gasteiger partial charge in [-0.1, -0.05) is 24.3 Å². The highest BCUT2D eigenvalue weighted by Gasteiger charge is 2.04. The lowest BCUT2D eigenvalue weighted by Crippen LogP contribution is -1.96. The molecular weight excluding hydrogens is 174 g/mol. The number of rotatable bonds is 1. The van der Waals surface area contributed by atoms with Crippen LogP contribution in [0, 0.1) is 18.3 Å².